The summed E-state index contributed by atoms with van der Waals surface area (Å²) in [6.07, 6.45) is 6.31. The lowest BCUT2D eigenvalue weighted by Crippen LogP contribution is -2.42. The first-order chi connectivity index (χ1) is 6.76. The van der Waals surface area contributed by atoms with E-state index in [0.29, 0.717) is 12.1 Å². The van der Waals surface area contributed by atoms with Crippen molar-refractivity contribution in [3.8, 4) is 0 Å². The monoisotopic (exact) mass is 192 g/mol. The van der Waals surface area contributed by atoms with E-state index in [4.69, 9.17) is 5.73 Å². The highest BCUT2D eigenvalue weighted by Crippen LogP contribution is 2.34. The molecule has 1 amide bonds. The van der Waals surface area contributed by atoms with Gasteiger partial charge in [0.2, 0.25) is 0 Å². The maximum atomic E-state index is 11.6. The third-order valence-corrected chi connectivity index (χ3v) is 2.45. The van der Waals surface area contributed by atoms with Gasteiger partial charge >= 0.3 is 0 Å². The van der Waals surface area contributed by atoms with Gasteiger partial charge in [-0.1, -0.05) is 0 Å². The van der Waals surface area contributed by atoms with E-state index in [2.05, 4.69) is 15.3 Å². The van der Waals surface area contributed by atoms with Crippen molar-refractivity contribution in [2.45, 2.75) is 18.4 Å². The van der Waals surface area contributed by atoms with Crippen molar-refractivity contribution in [3.63, 3.8) is 0 Å². The van der Waals surface area contributed by atoms with Crippen molar-refractivity contribution in [1.82, 2.24) is 15.3 Å². The Balaban J connectivity index is 2.03. The molecule has 1 aliphatic carbocycles. The van der Waals surface area contributed by atoms with Gasteiger partial charge in [-0.3, -0.25) is 4.79 Å². The van der Waals surface area contributed by atoms with Crippen molar-refractivity contribution in [2.75, 3.05) is 6.54 Å². The molecule has 0 aromatic carbocycles. The van der Waals surface area contributed by atoms with Crippen LogP contribution in [0.1, 0.15) is 23.2 Å². The molecule has 1 saturated carbocycles. The van der Waals surface area contributed by atoms with Gasteiger partial charge in [0.25, 0.3) is 5.91 Å². The van der Waals surface area contributed by atoms with Gasteiger partial charge in [0.05, 0.1) is 11.1 Å². The highest BCUT2D eigenvalue weighted by atomic mass is 16.1. The minimum absolute atomic E-state index is 0.145. The van der Waals surface area contributed by atoms with E-state index >= 15 is 0 Å². The van der Waals surface area contributed by atoms with Crippen LogP contribution in [-0.4, -0.2) is 28.0 Å². The Labute approximate surface area is 81.7 Å². The maximum Gasteiger partial charge on any atom is 0.254 e. The maximum absolute atomic E-state index is 11.6. The Morgan fingerprint density at radius 1 is 1.50 bits per heavy atom. The van der Waals surface area contributed by atoms with Gasteiger partial charge in [-0.25, -0.2) is 9.97 Å². The minimum atomic E-state index is -0.160. The molecule has 2 rings (SSSR count). The zero-order valence-electron chi connectivity index (χ0n) is 7.73. The van der Waals surface area contributed by atoms with Crippen molar-refractivity contribution < 1.29 is 4.79 Å². The van der Waals surface area contributed by atoms with Gasteiger partial charge in [0.1, 0.15) is 6.33 Å². The van der Waals surface area contributed by atoms with E-state index in [1.807, 2.05) is 0 Å². The van der Waals surface area contributed by atoms with Crippen LogP contribution in [0.5, 0.6) is 0 Å². The van der Waals surface area contributed by atoms with Crippen molar-refractivity contribution >= 4 is 5.91 Å². The van der Waals surface area contributed by atoms with Crippen molar-refractivity contribution in [1.29, 1.82) is 0 Å². The van der Waals surface area contributed by atoms with E-state index < -0.39 is 0 Å². The van der Waals surface area contributed by atoms with E-state index in [9.17, 15) is 4.79 Å². The third kappa shape index (κ3) is 1.72. The number of nitrogens with zero attached hydrogens (tertiary/aromatic N) is 2. The summed E-state index contributed by atoms with van der Waals surface area (Å²) in [4.78, 5) is 19.2. The van der Waals surface area contributed by atoms with E-state index in [-0.39, 0.29) is 11.4 Å². The normalized spacial score (nSPS) is 17.5. The van der Waals surface area contributed by atoms with Crippen LogP contribution in [0, 0.1) is 0 Å². The number of carbonyl (C=O) groups is 1. The second kappa shape index (κ2) is 3.34. The molecule has 74 valence electrons. The predicted molar refractivity (Wildman–Crippen MR) is 50.5 cm³/mol. The highest BCUT2D eigenvalue weighted by Gasteiger charge is 2.42. The molecule has 5 nitrogen and oxygen atoms in total. The van der Waals surface area contributed by atoms with Gasteiger partial charge in [-0.2, -0.15) is 0 Å². The van der Waals surface area contributed by atoms with Crippen molar-refractivity contribution in [2.24, 2.45) is 5.73 Å². The fourth-order valence-electron chi connectivity index (χ4n) is 1.26. The number of rotatable bonds is 3. The summed E-state index contributed by atoms with van der Waals surface area (Å²) in [7, 11) is 0. The summed E-state index contributed by atoms with van der Waals surface area (Å²) in [5, 5.41) is 2.89. The SMILES string of the molecule is NCC1(NC(=O)c2cncnc2)CC1. The average molecular weight is 192 g/mol. The standard InChI is InChI=1S/C9H12N4O/c10-5-9(1-2-9)13-8(14)7-3-11-6-12-4-7/h3-4,6H,1-2,5,10H2,(H,13,14). The Morgan fingerprint density at radius 3 is 2.64 bits per heavy atom. The molecule has 0 spiro atoms. The van der Waals surface area contributed by atoms with Crippen LogP contribution in [-0.2, 0) is 0 Å². The Morgan fingerprint density at radius 2 is 2.14 bits per heavy atom. The van der Waals surface area contributed by atoms with E-state index in [1.165, 1.54) is 18.7 Å². The molecule has 1 aliphatic rings. The molecular formula is C9H12N4O. The first kappa shape index (κ1) is 9.08. The van der Waals surface area contributed by atoms with Crippen LogP contribution >= 0.6 is 0 Å². The third-order valence-electron chi connectivity index (χ3n) is 2.45. The number of nitrogens with two attached hydrogens (primary N) is 1. The summed E-state index contributed by atoms with van der Waals surface area (Å²) >= 11 is 0. The summed E-state index contributed by atoms with van der Waals surface area (Å²) in [6, 6.07) is 0. The molecule has 0 unspecified atom stereocenters. The van der Waals surface area contributed by atoms with Crippen LogP contribution in [0.2, 0.25) is 0 Å². The second-order valence-corrected chi connectivity index (χ2v) is 3.57. The zero-order chi connectivity index (χ0) is 10.0. The zero-order valence-corrected chi connectivity index (χ0v) is 7.73. The fraction of sp³-hybridized carbons (Fsp3) is 0.444. The fourth-order valence-corrected chi connectivity index (χ4v) is 1.26. The molecule has 1 aromatic heterocycles. The van der Waals surface area contributed by atoms with Gasteiger partial charge in [-0.15, -0.1) is 0 Å². The van der Waals surface area contributed by atoms with Gasteiger partial charge in [0, 0.05) is 18.9 Å². The lowest BCUT2D eigenvalue weighted by Gasteiger charge is -2.14. The summed E-state index contributed by atoms with van der Waals surface area (Å²) < 4.78 is 0. The van der Waals surface area contributed by atoms with Gasteiger partial charge in [-0.05, 0) is 12.8 Å². The molecule has 1 aromatic rings. The quantitative estimate of drug-likeness (QED) is 0.688. The highest BCUT2D eigenvalue weighted by molar-refractivity contribution is 5.94. The number of hydrogen-bond acceptors (Lipinski definition) is 4. The molecule has 14 heavy (non-hydrogen) atoms. The Kier molecular flexibility index (Phi) is 2.17. The van der Waals surface area contributed by atoms with Crippen LogP contribution in [0.15, 0.2) is 18.7 Å². The number of carbonyl (C=O) groups excluding carboxylic acids is 1. The number of hydrogen-bond donors (Lipinski definition) is 2. The Hall–Kier alpha value is -1.49. The number of amides is 1. The molecule has 0 bridgehead atoms. The lowest BCUT2D eigenvalue weighted by atomic mass is 10.2. The van der Waals surface area contributed by atoms with Gasteiger partial charge < -0.3 is 11.1 Å². The van der Waals surface area contributed by atoms with Crippen LogP contribution in [0.25, 0.3) is 0 Å². The second-order valence-electron chi connectivity index (χ2n) is 3.57. The van der Waals surface area contributed by atoms with E-state index in [0.717, 1.165) is 12.8 Å². The molecule has 0 saturated heterocycles. The molecule has 1 fully saturated rings. The Bertz CT molecular complexity index is 334. The minimum Gasteiger partial charge on any atom is -0.345 e. The predicted octanol–water partition coefficient (Wildman–Crippen LogP) is -0.302. The summed E-state index contributed by atoms with van der Waals surface area (Å²) in [5.41, 5.74) is 5.87. The summed E-state index contributed by atoms with van der Waals surface area (Å²) in [5.74, 6) is -0.145. The topological polar surface area (TPSA) is 80.9 Å². The molecule has 0 radical (unpaired) electrons. The summed E-state index contributed by atoms with van der Waals surface area (Å²) in [6.45, 7) is 0.492. The molecular weight excluding hydrogens is 180 g/mol. The molecule has 0 aliphatic heterocycles. The molecule has 0 atom stereocenters. The first-order valence-corrected chi connectivity index (χ1v) is 4.53. The van der Waals surface area contributed by atoms with Crippen LogP contribution < -0.4 is 11.1 Å². The lowest BCUT2D eigenvalue weighted by molar-refractivity contribution is 0.0932. The molecule has 1 heterocycles. The molecule has 5 heteroatoms. The first-order valence-electron chi connectivity index (χ1n) is 4.53. The average Bonchev–Trinajstić information content (AvgIpc) is 3.00. The number of aromatic nitrogens is 2. The van der Waals surface area contributed by atoms with Gasteiger partial charge in [0.15, 0.2) is 0 Å². The van der Waals surface area contributed by atoms with Crippen LogP contribution in [0.4, 0.5) is 0 Å². The molecule has 3 N–H and O–H groups in total. The van der Waals surface area contributed by atoms with E-state index in [1.54, 1.807) is 0 Å². The van der Waals surface area contributed by atoms with Crippen molar-refractivity contribution in [3.05, 3.63) is 24.3 Å². The largest absolute Gasteiger partial charge is 0.345 e. The number of nitrogens with one attached hydrogen (secondary N) is 1. The van der Waals surface area contributed by atoms with Crippen LogP contribution in [0.3, 0.4) is 0 Å². The smallest absolute Gasteiger partial charge is 0.254 e.